The fraction of sp³-hybridized carbons (Fsp3) is 0.174. The number of nitrogens with one attached hydrogen (secondary N) is 1. The number of hydrogen-bond acceptors (Lipinski definition) is 4. The molecule has 4 aromatic rings. The van der Waals surface area contributed by atoms with Crippen molar-refractivity contribution in [2.24, 2.45) is 0 Å². The summed E-state index contributed by atoms with van der Waals surface area (Å²) in [4.78, 5) is 30.2. The Morgan fingerprint density at radius 3 is 2.83 bits per heavy atom. The Bertz CT molecular complexity index is 1280. The highest BCUT2D eigenvalue weighted by Gasteiger charge is 2.23. The topological polar surface area (TPSA) is 77.1 Å². The molecule has 7 heteroatoms. The molecule has 3 heterocycles. The molecular formula is C23H20FN3O3. The van der Waals surface area contributed by atoms with E-state index < -0.39 is 5.91 Å². The standard InChI is InChI=1S/C23H20FN3O3/c1-14(17-6-4-9-25-12-17)26-22(28)20-15(2)30-19-8-10-27(23(29)21(19)20)13-16-5-3-7-18(24)11-16/h3-12,14H,13H2,1-2H3,(H,26,28)/t14-/m0/s1. The smallest absolute Gasteiger partial charge is 0.262 e. The lowest BCUT2D eigenvalue weighted by molar-refractivity contribution is 0.0939. The van der Waals surface area contributed by atoms with Crippen LogP contribution in [0.1, 0.15) is 40.2 Å². The summed E-state index contributed by atoms with van der Waals surface area (Å²) in [6.45, 7) is 3.68. The fourth-order valence-corrected chi connectivity index (χ4v) is 3.48. The maximum Gasteiger partial charge on any atom is 0.262 e. The van der Waals surface area contributed by atoms with Crippen LogP contribution in [0.3, 0.4) is 0 Å². The summed E-state index contributed by atoms with van der Waals surface area (Å²) in [6.07, 6.45) is 4.92. The van der Waals surface area contributed by atoms with Gasteiger partial charge in [-0.1, -0.05) is 18.2 Å². The normalized spacial score (nSPS) is 12.1. The number of fused-ring (bicyclic) bond motifs is 1. The number of nitrogens with zero attached hydrogens (tertiary/aromatic N) is 2. The number of aryl methyl sites for hydroxylation is 1. The van der Waals surface area contributed by atoms with Gasteiger partial charge in [0.2, 0.25) is 0 Å². The first-order valence-corrected chi connectivity index (χ1v) is 9.52. The highest BCUT2D eigenvalue weighted by atomic mass is 19.1. The van der Waals surface area contributed by atoms with Crippen LogP contribution >= 0.6 is 0 Å². The summed E-state index contributed by atoms with van der Waals surface area (Å²) in [5.74, 6) is -0.407. The third-order valence-corrected chi connectivity index (χ3v) is 4.99. The van der Waals surface area contributed by atoms with Crippen molar-refractivity contribution in [1.82, 2.24) is 14.9 Å². The summed E-state index contributed by atoms with van der Waals surface area (Å²) in [7, 11) is 0. The number of rotatable bonds is 5. The molecule has 0 radical (unpaired) electrons. The number of carbonyl (C=O) groups excluding carboxylic acids is 1. The molecule has 0 aliphatic heterocycles. The Kier molecular flexibility index (Phi) is 5.18. The maximum absolute atomic E-state index is 13.5. The molecule has 6 nitrogen and oxygen atoms in total. The van der Waals surface area contributed by atoms with Gasteiger partial charge in [0.05, 0.1) is 23.5 Å². The van der Waals surface area contributed by atoms with E-state index in [1.807, 2.05) is 13.0 Å². The van der Waals surface area contributed by atoms with Gasteiger partial charge in [-0.3, -0.25) is 14.6 Å². The lowest BCUT2D eigenvalue weighted by Crippen LogP contribution is -2.29. The molecule has 4 rings (SSSR count). The maximum atomic E-state index is 13.5. The number of carbonyl (C=O) groups is 1. The van der Waals surface area contributed by atoms with Crippen LogP contribution in [0.4, 0.5) is 4.39 Å². The molecule has 152 valence electrons. The van der Waals surface area contributed by atoms with Crippen LogP contribution in [0.5, 0.6) is 0 Å². The van der Waals surface area contributed by atoms with Crippen molar-refractivity contribution in [2.45, 2.75) is 26.4 Å². The van der Waals surface area contributed by atoms with Crippen molar-refractivity contribution in [3.05, 3.63) is 99.7 Å². The van der Waals surface area contributed by atoms with Gasteiger partial charge >= 0.3 is 0 Å². The first kappa shape index (κ1) is 19.6. The molecule has 0 aliphatic carbocycles. The largest absolute Gasteiger partial charge is 0.460 e. The fourth-order valence-electron chi connectivity index (χ4n) is 3.48. The van der Waals surface area contributed by atoms with Gasteiger partial charge in [0, 0.05) is 18.6 Å². The third kappa shape index (κ3) is 3.74. The molecule has 0 bridgehead atoms. The minimum Gasteiger partial charge on any atom is -0.460 e. The van der Waals surface area contributed by atoms with E-state index in [1.54, 1.807) is 49.8 Å². The van der Waals surface area contributed by atoms with Gasteiger partial charge in [0.15, 0.2) is 0 Å². The van der Waals surface area contributed by atoms with E-state index >= 15 is 0 Å². The van der Waals surface area contributed by atoms with E-state index in [2.05, 4.69) is 10.3 Å². The van der Waals surface area contributed by atoms with E-state index in [0.29, 0.717) is 16.9 Å². The second kappa shape index (κ2) is 7.94. The SMILES string of the molecule is Cc1oc2ccn(Cc3cccc(F)c3)c(=O)c2c1C(=O)N[C@@H](C)c1cccnc1. The number of pyridine rings is 2. The molecule has 30 heavy (non-hydrogen) atoms. The Labute approximate surface area is 172 Å². The zero-order chi connectivity index (χ0) is 21.3. The van der Waals surface area contributed by atoms with Gasteiger partial charge in [0.25, 0.3) is 11.5 Å². The van der Waals surface area contributed by atoms with E-state index in [4.69, 9.17) is 4.42 Å². The quantitative estimate of drug-likeness (QED) is 0.545. The number of benzene rings is 1. The number of halogens is 1. The van der Waals surface area contributed by atoms with Gasteiger partial charge in [-0.2, -0.15) is 0 Å². The molecule has 0 aliphatic rings. The van der Waals surface area contributed by atoms with Crippen molar-refractivity contribution in [1.29, 1.82) is 0 Å². The monoisotopic (exact) mass is 405 g/mol. The molecule has 0 unspecified atom stereocenters. The molecule has 0 saturated heterocycles. The number of hydrogen-bond donors (Lipinski definition) is 1. The average Bonchev–Trinajstić information content (AvgIpc) is 3.07. The first-order valence-electron chi connectivity index (χ1n) is 9.52. The Morgan fingerprint density at radius 1 is 1.27 bits per heavy atom. The molecule has 0 saturated carbocycles. The summed E-state index contributed by atoms with van der Waals surface area (Å²) in [5.41, 5.74) is 1.67. The highest BCUT2D eigenvalue weighted by Crippen LogP contribution is 2.24. The lowest BCUT2D eigenvalue weighted by atomic mass is 10.1. The van der Waals surface area contributed by atoms with Crippen molar-refractivity contribution in [3.63, 3.8) is 0 Å². The summed E-state index contributed by atoms with van der Waals surface area (Å²) in [5, 5.41) is 3.11. The van der Waals surface area contributed by atoms with Gasteiger partial charge < -0.3 is 14.3 Å². The van der Waals surface area contributed by atoms with Crippen LogP contribution in [0.25, 0.3) is 11.0 Å². The molecule has 0 fully saturated rings. The van der Waals surface area contributed by atoms with Gasteiger partial charge in [0.1, 0.15) is 17.2 Å². The lowest BCUT2D eigenvalue weighted by Gasteiger charge is -2.13. The number of furan rings is 1. The van der Waals surface area contributed by atoms with E-state index in [0.717, 1.165) is 5.56 Å². The third-order valence-electron chi connectivity index (χ3n) is 4.99. The van der Waals surface area contributed by atoms with Crippen LogP contribution in [0.2, 0.25) is 0 Å². The van der Waals surface area contributed by atoms with Crippen molar-refractivity contribution in [2.75, 3.05) is 0 Å². The van der Waals surface area contributed by atoms with Crippen molar-refractivity contribution in [3.8, 4) is 0 Å². The van der Waals surface area contributed by atoms with E-state index in [9.17, 15) is 14.0 Å². The Hall–Kier alpha value is -3.74. The van der Waals surface area contributed by atoms with E-state index in [-0.39, 0.29) is 34.9 Å². The second-order valence-electron chi connectivity index (χ2n) is 7.13. The minimum absolute atomic E-state index is 0.184. The first-order chi connectivity index (χ1) is 14.4. The number of aromatic nitrogens is 2. The van der Waals surface area contributed by atoms with E-state index in [1.165, 1.54) is 16.7 Å². The summed E-state index contributed by atoms with van der Waals surface area (Å²) in [6, 6.07) is 11.1. The minimum atomic E-state index is -0.400. The zero-order valence-corrected chi connectivity index (χ0v) is 16.6. The summed E-state index contributed by atoms with van der Waals surface area (Å²) < 4.78 is 20.6. The Morgan fingerprint density at radius 2 is 2.10 bits per heavy atom. The molecule has 0 spiro atoms. The van der Waals surface area contributed by atoms with Crippen LogP contribution in [0.15, 0.2) is 70.3 Å². The predicted molar refractivity (Wildman–Crippen MR) is 111 cm³/mol. The van der Waals surface area contributed by atoms with Crippen molar-refractivity contribution < 1.29 is 13.6 Å². The molecule has 3 aromatic heterocycles. The van der Waals surface area contributed by atoms with Crippen LogP contribution in [-0.4, -0.2) is 15.5 Å². The van der Waals surface area contributed by atoms with Gasteiger partial charge in [-0.25, -0.2) is 4.39 Å². The van der Waals surface area contributed by atoms with Crippen LogP contribution in [0, 0.1) is 12.7 Å². The zero-order valence-electron chi connectivity index (χ0n) is 16.6. The van der Waals surface area contributed by atoms with Crippen LogP contribution < -0.4 is 10.9 Å². The highest BCUT2D eigenvalue weighted by molar-refractivity contribution is 6.07. The summed E-state index contributed by atoms with van der Waals surface area (Å²) >= 11 is 0. The van der Waals surface area contributed by atoms with Crippen LogP contribution in [-0.2, 0) is 6.54 Å². The van der Waals surface area contributed by atoms with Crippen molar-refractivity contribution >= 4 is 16.9 Å². The van der Waals surface area contributed by atoms with Gasteiger partial charge in [-0.05, 0) is 49.2 Å². The predicted octanol–water partition coefficient (Wildman–Crippen LogP) is 3.98. The molecule has 1 N–H and O–H groups in total. The molecule has 1 amide bonds. The molecular weight excluding hydrogens is 385 g/mol. The molecule has 1 aromatic carbocycles. The number of amides is 1. The van der Waals surface area contributed by atoms with Gasteiger partial charge in [-0.15, -0.1) is 0 Å². The second-order valence-corrected chi connectivity index (χ2v) is 7.13. The molecule has 1 atom stereocenters. The Balaban J connectivity index is 1.70. The average molecular weight is 405 g/mol.